The number of thiophene rings is 1. The van der Waals surface area contributed by atoms with Crippen molar-refractivity contribution in [1.82, 2.24) is 5.32 Å². The zero-order valence-electron chi connectivity index (χ0n) is 12.1. The first kappa shape index (κ1) is 14.8. The molecule has 2 aromatic rings. The molecule has 2 rings (SSSR count). The monoisotopic (exact) mass is 288 g/mol. The Bertz CT molecular complexity index is 619. The number of primary amides is 1. The van der Waals surface area contributed by atoms with E-state index in [1.807, 2.05) is 6.07 Å². The van der Waals surface area contributed by atoms with E-state index in [1.54, 1.807) is 16.7 Å². The fourth-order valence-corrected chi connectivity index (χ4v) is 3.10. The lowest BCUT2D eigenvalue weighted by Crippen LogP contribution is -2.18. The maximum atomic E-state index is 11.1. The highest BCUT2D eigenvalue weighted by Gasteiger charge is 2.09. The van der Waals surface area contributed by atoms with Crippen molar-refractivity contribution in [3.05, 3.63) is 56.8 Å². The maximum Gasteiger partial charge on any atom is 0.249 e. The molecular weight excluding hydrogens is 268 g/mol. The minimum absolute atomic E-state index is 0.273. The van der Waals surface area contributed by atoms with Crippen LogP contribution in [0.4, 0.5) is 0 Å². The Morgan fingerprint density at radius 1 is 1.35 bits per heavy atom. The van der Waals surface area contributed by atoms with Crippen molar-refractivity contribution in [2.75, 3.05) is 0 Å². The lowest BCUT2D eigenvalue weighted by Gasteiger charge is -2.16. The number of nitrogens with one attached hydrogen (secondary N) is 1. The van der Waals surface area contributed by atoms with Gasteiger partial charge in [0.05, 0.1) is 5.56 Å². The van der Waals surface area contributed by atoms with Crippen LogP contribution in [0, 0.1) is 13.8 Å². The van der Waals surface area contributed by atoms with Crippen LogP contribution in [0.25, 0.3) is 0 Å². The fourth-order valence-electron chi connectivity index (χ4n) is 2.28. The third-order valence-corrected chi connectivity index (χ3v) is 4.35. The second kappa shape index (κ2) is 6.20. The first-order chi connectivity index (χ1) is 9.47. The first-order valence-corrected chi connectivity index (χ1v) is 7.53. The van der Waals surface area contributed by atoms with Crippen LogP contribution >= 0.6 is 11.3 Å². The minimum Gasteiger partial charge on any atom is -0.366 e. The topological polar surface area (TPSA) is 55.1 Å². The molecule has 0 radical (unpaired) electrons. The van der Waals surface area contributed by atoms with Crippen LogP contribution in [0.2, 0.25) is 0 Å². The van der Waals surface area contributed by atoms with Crippen LogP contribution in [0.1, 0.15) is 44.9 Å². The van der Waals surface area contributed by atoms with Crippen LogP contribution in [0.3, 0.4) is 0 Å². The van der Waals surface area contributed by atoms with Crippen LogP contribution in [-0.4, -0.2) is 5.91 Å². The molecule has 20 heavy (non-hydrogen) atoms. The molecule has 1 amide bonds. The van der Waals surface area contributed by atoms with Gasteiger partial charge in [-0.1, -0.05) is 23.8 Å². The maximum absolute atomic E-state index is 11.1. The van der Waals surface area contributed by atoms with Crippen molar-refractivity contribution in [3.8, 4) is 0 Å². The van der Waals surface area contributed by atoms with Gasteiger partial charge in [0.1, 0.15) is 0 Å². The molecule has 0 fully saturated rings. The molecule has 3 N–H and O–H groups in total. The zero-order valence-corrected chi connectivity index (χ0v) is 12.9. The van der Waals surface area contributed by atoms with E-state index in [0.29, 0.717) is 5.56 Å². The van der Waals surface area contributed by atoms with Crippen LogP contribution in [0.15, 0.2) is 29.6 Å². The number of benzene rings is 1. The van der Waals surface area contributed by atoms with Crippen LogP contribution in [0.5, 0.6) is 0 Å². The molecule has 0 aliphatic rings. The van der Waals surface area contributed by atoms with E-state index in [9.17, 15) is 4.79 Å². The summed E-state index contributed by atoms with van der Waals surface area (Å²) < 4.78 is 0. The van der Waals surface area contributed by atoms with Gasteiger partial charge >= 0.3 is 0 Å². The summed E-state index contributed by atoms with van der Waals surface area (Å²) >= 11 is 1.56. The van der Waals surface area contributed by atoms with Crippen molar-refractivity contribution in [2.45, 2.75) is 33.4 Å². The number of carbonyl (C=O) groups excluding carboxylic acids is 1. The number of carbonyl (C=O) groups is 1. The number of rotatable bonds is 5. The molecular formula is C16H20N2OS. The number of hydrogen-bond acceptors (Lipinski definition) is 3. The Balaban J connectivity index is 2.00. The highest BCUT2D eigenvalue weighted by Crippen LogP contribution is 2.20. The smallest absolute Gasteiger partial charge is 0.249 e. The van der Waals surface area contributed by atoms with E-state index in [0.717, 1.165) is 11.4 Å². The largest absolute Gasteiger partial charge is 0.366 e. The summed E-state index contributed by atoms with van der Waals surface area (Å²) in [4.78, 5) is 12.2. The predicted octanol–water partition coefficient (Wildman–Crippen LogP) is 3.31. The second-order valence-corrected chi connectivity index (χ2v) is 6.12. The van der Waals surface area contributed by atoms with E-state index in [4.69, 9.17) is 5.73 Å². The summed E-state index contributed by atoms with van der Waals surface area (Å²) in [6.07, 6.45) is 0. The number of nitrogens with two attached hydrogens (primary N) is 1. The zero-order chi connectivity index (χ0) is 14.7. The van der Waals surface area contributed by atoms with Crippen molar-refractivity contribution in [2.24, 2.45) is 5.73 Å². The van der Waals surface area contributed by atoms with E-state index < -0.39 is 0 Å². The van der Waals surface area contributed by atoms with Gasteiger partial charge in [-0.05, 0) is 38.0 Å². The average Bonchev–Trinajstić information content (AvgIpc) is 2.85. The summed E-state index contributed by atoms with van der Waals surface area (Å²) in [5.74, 6) is -0.366. The molecule has 1 heterocycles. The Hall–Kier alpha value is -1.65. The highest BCUT2D eigenvalue weighted by molar-refractivity contribution is 7.10. The first-order valence-electron chi connectivity index (χ1n) is 6.65. The molecule has 1 unspecified atom stereocenters. The van der Waals surface area contributed by atoms with Crippen molar-refractivity contribution < 1.29 is 4.79 Å². The van der Waals surface area contributed by atoms with Gasteiger partial charge in [-0.2, -0.15) is 0 Å². The van der Waals surface area contributed by atoms with Gasteiger partial charge in [-0.25, -0.2) is 0 Å². The van der Waals surface area contributed by atoms with Gasteiger partial charge in [-0.15, -0.1) is 11.3 Å². The lowest BCUT2D eigenvalue weighted by atomic mass is 10.0. The minimum atomic E-state index is -0.366. The van der Waals surface area contributed by atoms with E-state index >= 15 is 0 Å². The molecule has 0 saturated carbocycles. The molecule has 0 saturated heterocycles. The van der Waals surface area contributed by atoms with Gasteiger partial charge in [0, 0.05) is 22.8 Å². The second-order valence-electron chi connectivity index (χ2n) is 5.13. The molecule has 1 aromatic carbocycles. The van der Waals surface area contributed by atoms with E-state index in [2.05, 4.69) is 44.3 Å². The third-order valence-electron chi connectivity index (χ3n) is 3.41. The molecule has 1 atom stereocenters. The normalized spacial score (nSPS) is 12.3. The highest BCUT2D eigenvalue weighted by atomic mass is 32.1. The Morgan fingerprint density at radius 3 is 2.70 bits per heavy atom. The molecule has 1 aromatic heterocycles. The van der Waals surface area contributed by atoms with Crippen LogP contribution in [-0.2, 0) is 6.54 Å². The number of aryl methyl sites for hydroxylation is 2. The Labute approximate surface area is 123 Å². The van der Waals surface area contributed by atoms with Gasteiger partial charge in [0.25, 0.3) is 0 Å². The quantitative estimate of drug-likeness (QED) is 0.887. The number of amides is 1. The molecule has 0 aliphatic heterocycles. The van der Waals surface area contributed by atoms with Crippen molar-refractivity contribution in [1.29, 1.82) is 0 Å². The van der Waals surface area contributed by atoms with Crippen molar-refractivity contribution >= 4 is 17.2 Å². The summed E-state index contributed by atoms with van der Waals surface area (Å²) in [6, 6.07) is 8.64. The summed E-state index contributed by atoms with van der Waals surface area (Å²) in [7, 11) is 0. The van der Waals surface area contributed by atoms with Gasteiger partial charge in [-0.3, -0.25) is 4.79 Å². The van der Waals surface area contributed by atoms with Crippen LogP contribution < -0.4 is 11.1 Å². The van der Waals surface area contributed by atoms with E-state index in [1.165, 1.54) is 16.7 Å². The number of hydrogen-bond donors (Lipinski definition) is 2. The molecule has 0 aliphatic carbocycles. The molecule has 0 spiro atoms. The average molecular weight is 288 g/mol. The molecule has 3 nitrogen and oxygen atoms in total. The van der Waals surface area contributed by atoms with Gasteiger partial charge in [0.2, 0.25) is 5.91 Å². The van der Waals surface area contributed by atoms with E-state index in [-0.39, 0.29) is 11.9 Å². The standard InChI is InChI=1S/C16H20N2OS/c1-10-4-5-15(11(2)6-10)12(3)18-8-14-7-13(9-20-14)16(17)19/h4-7,9,12,18H,8H2,1-3H3,(H2,17,19). The third kappa shape index (κ3) is 3.46. The summed E-state index contributed by atoms with van der Waals surface area (Å²) in [5, 5.41) is 5.29. The lowest BCUT2D eigenvalue weighted by molar-refractivity contribution is 0.100. The Morgan fingerprint density at radius 2 is 2.10 bits per heavy atom. The predicted molar refractivity (Wildman–Crippen MR) is 84.0 cm³/mol. The molecule has 0 bridgehead atoms. The van der Waals surface area contributed by atoms with Gasteiger partial charge in [0.15, 0.2) is 0 Å². The summed E-state index contributed by atoms with van der Waals surface area (Å²) in [6.45, 7) is 7.13. The van der Waals surface area contributed by atoms with Gasteiger partial charge < -0.3 is 11.1 Å². The Kier molecular flexibility index (Phi) is 4.57. The SMILES string of the molecule is Cc1ccc(C(C)NCc2cc(C(N)=O)cs2)c(C)c1. The molecule has 4 heteroatoms. The van der Waals surface area contributed by atoms with Crippen molar-refractivity contribution in [3.63, 3.8) is 0 Å². The fraction of sp³-hybridized carbons (Fsp3) is 0.312. The summed E-state index contributed by atoms with van der Waals surface area (Å²) in [5.41, 5.74) is 9.73. The molecule has 106 valence electrons.